The highest BCUT2D eigenvalue weighted by Crippen LogP contribution is 2.29. The van der Waals surface area contributed by atoms with E-state index in [0.717, 1.165) is 40.9 Å². The number of aromatic nitrogens is 2. The molecule has 1 aromatic heterocycles. The molecule has 8 heteroatoms. The number of benzene rings is 2. The zero-order valence-corrected chi connectivity index (χ0v) is 14.1. The number of halogens is 3. The van der Waals surface area contributed by atoms with Gasteiger partial charge >= 0.3 is 6.18 Å². The number of nitrogens with zero attached hydrogens (tertiary/aromatic N) is 2. The quantitative estimate of drug-likeness (QED) is 0.772. The zero-order valence-electron chi connectivity index (χ0n) is 14.1. The van der Waals surface area contributed by atoms with Gasteiger partial charge in [0.05, 0.1) is 30.0 Å². The summed E-state index contributed by atoms with van der Waals surface area (Å²) in [6.07, 6.45) is -2.77. The Morgan fingerprint density at radius 1 is 1.19 bits per heavy atom. The van der Waals surface area contributed by atoms with Crippen LogP contribution in [0.1, 0.15) is 21.5 Å². The smallest absolute Gasteiger partial charge is 0.416 e. The van der Waals surface area contributed by atoms with E-state index in [2.05, 4.69) is 10.3 Å². The van der Waals surface area contributed by atoms with E-state index in [0.29, 0.717) is 5.75 Å². The molecule has 0 saturated heterocycles. The fraction of sp³-hybridized carbons (Fsp3) is 0.222. The maximum Gasteiger partial charge on any atom is 0.416 e. The lowest BCUT2D eigenvalue weighted by atomic mass is 10.1. The van der Waals surface area contributed by atoms with E-state index >= 15 is 0 Å². The Morgan fingerprint density at radius 3 is 2.50 bits per heavy atom. The lowest BCUT2D eigenvalue weighted by Gasteiger charge is -2.12. The normalized spacial score (nSPS) is 11.6. The maximum absolute atomic E-state index is 12.6. The van der Waals surface area contributed by atoms with E-state index in [-0.39, 0.29) is 12.1 Å². The largest absolute Gasteiger partial charge is 0.496 e. The third-order valence-electron chi connectivity index (χ3n) is 4.06. The average molecular weight is 363 g/mol. The Bertz CT molecular complexity index is 947. The van der Waals surface area contributed by atoms with E-state index in [1.165, 1.54) is 7.11 Å². The first-order chi connectivity index (χ1) is 12.3. The third kappa shape index (κ3) is 3.35. The number of fused-ring (bicyclic) bond motifs is 1. The summed E-state index contributed by atoms with van der Waals surface area (Å²) >= 11 is 0. The van der Waals surface area contributed by atoms with Crippen molar-refractivity contribution < 1.29 is 22.7 Å². The van der Waals surface area contributed by atoms with Crippen molar-refractivity contribution >= 4 is 16.9 Å². The topological polar surface area (TPSA) is 56.1 Å². The van der Waals surface area contributed by atoms with Crippen molar-refractivity contribution in [2.75, 3.05) is 7.11 Å². The molecular weight excluding hydrogens is 347 g/mol. The van der Waals surface area contributed by atoms with Crippen LogP contribution in [0.5, 0.6) is 5.75 Å². The molecule has 0 aliphatic carbocycles. The minimum absolute atomic E-state index is 0.147. The molecule has 2 aromatic carbocycles. The molecule has 0 saturated carbocycles. The number of methoxy groups -OCH3 is 1. The zero-order chi connectivity index (χ0) is 18.9. The number of hydrogen-bond acceptors (Lipinski definition) is 3. The summed E-state index contributed by atoms with van der Waals surface area (Å²) in [7, 11) is 3.36. The van der Waals surface area contributed by atoms with Crippen LogP contribution in [-0.4, -0.2) is 22.6 Å². The first kappa shape index (κ1) is 17.8. The van der Waals surface area contributed by atoms with Gasteiger partial charge in [0, 0.05) is 24.7 Å². The summed E-state index contributed by atoms with van der Waals surface area (Å²) in [5.74, 6) is 0.119. The summed E-state index contributed by atoms with van der Waals surface area (Å²) in [6.45, 7) is 0.153. The third-order valence-corrected chi connectivity index (χ3v) is 4.06. The molecule has 3 aromatic rings. The molecule has 0 bridgehead atoms. The van der Waals surface area contributed by atoms with Gasteiger partial charge in [-0.25, -0.2) is 4.98 Å². The van der Waals surface area contributed by atoms with Crippen molar-refractivity contribution in [2.24, 2.45) is 7.05 Å². The lowest BCUT2D eigenvalue weighted by Crippen LogP contribution is -2.23. The molecule has 5 nitrogen and oxygen atoms in total. The molecule has 1 amide bonds. The first-order valence-electron chi connectivity index (χ1n) is 7.73. The summed E-state index contributed by atoms with van der Waals surface area (Å²) in [4.78, 5) is 16.5. The molecule has 0 spiro atoms. The Kier molecular flexibility index (Phi) is 4.58. The van der Waals surface area contributed by atoms with Crippen molar-refractivity contribution in [3.8, 4) is 5.75 Å². The SMILES string of the molecule is COc1ccc2ncn(C)c2c1CNC(=O)c1ccc(C(F)(F)F)cc1. The van der Waals surface area contributed by atoms with Crippen LogP contribution < -0.4 is 10.1 Å². The van der Waals surface area contributed by atoms with E-state index < -0.39 is 17.6 Å². The highest BCUT2D eigenvalue weighted by Gasteiger charge is 2.30. The Hall–Kier alpha value is -3.03. The summed E-state index contributed by atoms with van der Waals surface area (Å²) in [5, 5.41) is 2.72. The number of hydrogen-bond donors (Lipinski definition) is 1. The minimum Gasteiger partial charge on any atom is -0.496 e. The van der Waals surface area contributed by atoms with Crippen LogP contribution in [0.15, 0.2) is 42.7 Å². The maximum atomic E-state index is 12.6. The minimum atomic E-state index is -4.43. The highest BCUT2D eigenvalue weighted by atomic mass is 19.4. The number of alkyl halides is 3. The van der Waals surface area contributed by atoms with Crippen LogP contribution in [0.4, 0.5) is 13.2 Å². The number of ether oxygens (including phenoxy) is 1. The van der Waals surface area contributed by atoms with Gasteiger partial charge in [-0.1, -0.05) is 0 Å². The van der Waals surface area contributed by atoms with E-state index in [4.69, 9.17) is 4.74 Å². The Balaban J connectivity index is 1.82. The predicted molar refractivity (Wildman–Crippen MR) is 89.9 cm³/mol. The molecule has 26 heavy (non-hydrogen) atoms. The van der Waals surface area contributed by atoms with Gasteiger partial charge in [0.25, 0.3) is 5.91 Å². The van der Waals surface area contributed by atoms with E-state index in [1.807, 2.05) is 17.7 Å². The second-order valence-electron chi connectivity index (χ2n) is 5.73. The van der Waals surface area contributed by atoms with Gasteiger partial charge in [0.1, 0.15) is 5.75 Å². The number of aryl methyl sites for hydroxylation is 1. The molecule has 0 unspecified atom stereocenters. The molecule has 0 atom stereocenters. The van der Waals surface area contributed by atoms with Crippen molar-refractivity contribution in [3.05, 3.63) is 59.4 Å². The van der Waals surface area contributed by atoms with Crippen LogP contribution in [-0.2, 0) is 19.8 Å². The summed E-state index contributed by atoms with van der Waals surface area (Å²) in [6, 6.07) is 7.65. The van der Waals surface area contributed by atoms with Crippen LogP contribution in [0.2, 0.25) is 0 Å². The molecule has 136 valence electrons. The van der Waals surface area contributed by atoms with Crippen molar-refractivity contribution in [3.63, 3.8) is 0 Å². The molecule has 3 rings (SSSR count). The first-order valence-corrected chi connectivity index (χ1v) is 7.73. The van der Waals surface area contributed by atoms with Gasteiger partial charge in [-0.05, 0) is 36.4 Å². The number of nitrogens with one attached hydrogen (secondary N) is 1. The molecule has 0 aliphatic rings. The number of carbonyl (C=O) groups is 1. The van der Waals surface area contributed by atoms with Gasteiger partial charge in [-0.3, -0.25) is 4.79 Å². The Labute approximate surface area is 147 Å². The Morgan fingerprint density at radius 2 is 1.88 bits per heavy atom. The monoisotopic (exact) mass is 363 g/mol. The van der Waals surface area contributed by atoms with Gasteiger partial charge < -0.3 is 14.6 Å². The number of rotatable bonds is 4. The lowest BCUT2D eigenvalue weighted by molar-refractivity contribution is -0.137. The predicted octanol–water partition coefficient (Wildman–Crippen LogP) is 3.53. The van der Waals surface area contributed by atoms with Gasteiger partial charge in [0.2, 0.25) is 0 Å². The fourth-order valence-electron chi connectivity index (χ4n) is 2.75. The van der Waals surface area contributed by atoms with Crippen LogP contribution in [0.25, 0.3) is 11.0 Å². The molecule has 0 radical (unpaired) electrons. The number of amides is 1. The molecule has 1 heterocycles. The highest BCUT2D eigenvalue weighted by molar-refractivity contribution is 5.94. The van der Waals surface area contributed by atoms with Gasteiger partial charge in [0.15, 0.2) is 0 Å². The van der Waals surface area contributed by atoms with Gasteiger partial charge in [-0.2, -0.15) is 13.2 Å². The van der Waals surface area contributed by atoms with Gasteiger partial charge in [-0.15, -0.1) is 0 Å². The second-order valence-corrected chi connectivity index (χ2v) is 5.73. The van der Waals surface area contributed by atoms with Crippen molar-refractivity contribution in [1.29, 1.82) is 0 Å². The van der Waals surface area contributed by atoms with E-state index in [1.54, 1.807) is 12.4 Å². The standard InChI is InChI=1S/C18H16F3N3O2/c1-24-10-23-14-7-8-15(26-2)13(16(14)24)9-22-17(25)11-3-5-12(6-4-11)18(19,20)21/h3-8,10H,9H2,1-2H3,(H,22,25). The van der Waals surface area contributed by atoms with E-state index in [9.17, 15) is 18.0 Å². The second kappa shape index (κ2) is 6.70. The number of imidazole rings is 1. The van der Waals surface area contributed by atoms with Crippen LogP contribution in [0, 0.1) is 0 Å². The summed E-state index contributed by atoms with van der Waals surface area (Å²) in [5.41, 5.74) is 1.67. The molecule has 1 N–H and O–H groups in total. The van der Waals surface area contributed by atoms with Crippen LogP contribution >= 0.6 is 0 Å². The van der Waals surface area contributed by atoms with Crippen LogP contribution in [0.3, 0.4) is 0 Å². The average Bonchev–Trinajstić information content (AvgIpc) is 3.00. The van der Waals surface area contributed by atoms with Crippen molar-refractivity contribution in [1.82, 2.24) is 14.9 Å². The number of carbonyl (C=O) groups excluding carboxylic acids is 1. The molecule has 0 aliphatic heterocycles. The summed E-state index contributed by atoms with van der Waals surface area (Å²) < 4.78 is 45.0. The molecular formula is C18H16F3N3O2. The van der Waals surface area contributed by atoms with Crippen molar-refractivity contribution in [2.45, 2.75) is 12.7 Å². The molecule has 0 fully saturated rings. The fourth-order valence-corrected chi connectivity index (χ4v) is 2.75.